The van der Waals surface area contributed by atoms with Gasteiger partial charge in [-0.1, -0.05) is 61.5 Å². The first-order valence-electron chi connectivity index (χ1n) is 8.72. The van der Waals surface area contributed by atoms with Gasteiger partial charge in [-0.25, -0.2) is 0 Å². The van der Waals surface area contributed by atoms with Gasteiger partial charge in [0.05, 0.1) is 0 Å². The molecule has 1 aliphatic carbocycles. The van der Waals surface area contributed by atoms with Crippen LogP contribution in [0.5, 0.6) is 0 Å². The van der Waals surface area contributed by atoms with Crippen molar-refractivity contribution < 1.29 is 5.11 Å². The maximum atomic E-state index is 7.00. The number of halogens is 1. The molecule has 0 aliphatic heterocycles. The lowest BCUT2D eigenvalue weighted by Crippen LogP contribution is -1.93. The van der Waals surface area contributed by atoms with Gasteiger partial charge in [0.15, 0.2) is 0 Å². The Kier molecular flexibility index (Phi) is 9.98. The lowest BCUT2D eigenvalue weighted by atomic mass is 10.0. The second-order valence-electron chi connectivity index (χ2n) is 6.36. The molecule has 0 spiro atoms. The van der Waals surface area contributed by atoms with Crippen LogP contribution in [-0.4, -0.2) is 12.2 Å². The number of hydrogen-bond donors (Lipinski definition) is 2. The van der Waals surface area contributed by atoms with E-state index in [-0.39, 0.29) is 0 Å². The first-order valence-corrected chi connectivity index (χ1v) is 9.09. The highest BCUT2D eigenvalue weighted by atomic mass is 35.5. The second kappa shape index (κ2) is 11.7. The highest BCUT2D eigenvalue weighted by molar-refractivity contribution is 6.30. The summed E-state index contributed by atoms with van der Waals surface area (Å²) in [6.07, 6.45) is 6.11. The maximum absolute atomic E-state index is 7.00. The van der Waals surface area contributed by atoms with Crippen LogP contribution in [0.15, 0.2) is 61.3 Å². The second-order valence-corrected chi connectivity index (χ2v) is 6.79. The highest BCUT2D eigenvalue weighted by Crippen LogP contribution is 2.40. The van der Waals surface area contributed by atoms with Crippen LogP contribution in [0.4, 0.5) is 0 Å². The molecule has 0 radical (unpaired) electrons. The minimum atomic E-state index is 0.812. The summed E-state index contributed by atoms with van der Waals surface area (Å²) < 4.78 is 0. The molecule has 3 heteroatoms. The predicted octanol–water partition coefficient (Wildman–Crippen LogP) is 5.02. The lowest BCUT2D eigenvalue weighted by Gasteiger charge is -2.05. The predicted molar refractivity (Wildman–Crippen MR) is 109 cm³/mol. The number of aryl methyl sites for hydroxylation is 2. The van der Waals surface area contributed by atoms with Crippen LogP contribution in [0.25, 0.3) is 0 Å². The Morgan fingerprint density at radius 2 is 1.36 bits per heavy atom. The molecule has 0 aromatic heterocycles. The number of aliphatic hydroxyl groups excluding tert-OH is 1. The number of rotatable bonds is 5. The molecule has 2 unspecified atom stereocenters. The maximum Gasteiger partial charge on any atom is 0.0406 e. The van der Waals surface area contributed by atoms with E-state index in [1.54, 1.807) is 0 Å². The first-order chi connectivity index (χ1) is 12.1. The van der Waals surface area contributed by atoms with Crippen molar-refractivity contribution in [2.45, 2.75) is 32.6 Å². The smallest absolute Gasteiger partial charge is 0.0406 e. The van der Waals surface area contributed by atoms with Gasteiger partial charge in [-0.15, -0.1) is 0 Å². The fraction of sp³-hybridized carbons (Fsp3) is 0.364. The van der Waals surface area contributed by atoms with Crippen molar-refractivity contribution in [1.82, 2.24) is 0 Å². The number of aliphatic hydroxyl groups is 1. The zero-order valence-corrected chi connectivity index (χ0v) is 16.0. The molecule has 0 amide bonds. The normalized spacial score (nSPS) is 17.4. The van der Waals surface area contributed by atoms with Crippen LogP contribution in [0, 0.1) is 11.8 Å². The SMILES string of the molecule is C=CN.CC1CC1Cc1ccc(CCc2ccc(Cl)cc2)cc1.CO. The zero-order valence-electron chi connectivity index (χ0n) is 15.3. The minimum Gasteiger partial charge on any atom is -0.405 e. The van der Waals surface area contributed by atoms with Crippen molar-refractivity contribution in [3.8, 4) is 0 Å². The Balaban J connectivity index is 0.000000567. The van der Waals surface area contributed by atoms with Crippen LogP contribution >= 0.6 is 11.6 Å². The Hall–Kier alpha value is -1.77. The minimum absolute atomic E-state index is 0.812. The zero-order chi connectivity index (χ0) is 18.7. The third-order valence-corrected chi connectivity index (χ3v) is 4.66. The third kappa shape index (κ3) is 8.24. The molecule has 2 aromatic carbocycles. The van der Waals surface area contributed by atoms with Gasteiger partial charge >= 0.3 is 0 Å². The summed E-state index contributed by atoms with van der Waals surface area (Å²) in [4.78, 5) is 0. The monoisotopic (exact) mass is 359 g/mol. The van der Waals surface area contributed by atoms with E-state index in [9.17, 15) is 0 Å². The van der Waals surface area contributed by atoms with Gasteiger partial charge in [0.25, 0.3) is 0 Å². The van der Waals surface area contributed by atoms with Crippen molar-refractivity contribution in [3.05, 3.63) is 83.0 Å². The molecule has 2 aromatic rings. The number of benzene rings is 2. The molecule has 2 nitrogen and oxygen atoms in total. The average molecular weight is 360 g/mol. The topological polar surface area (TPSA) is 46.2 Å². The molecule has 0 bridgehead atoms. The van der Waals surface area contributed by atoms with Gasteiger partial charge in [-0.05, 0) is 72.5 Å². The van der Waals surface area contributed by atoms with Crippen molar-refractivity contribution in [3.63, 3.8) is 0 Å². The summed E-state index contributed by atoms with van der Waals surface area (Å²) in [7, 11) is 1.00. The molecule has 1 saturated carbocycles. The standard InChI is InChI=1S/C19H21Cl.C2H5N.CH4O/c1-14-12-18(14)13-17-6-4-15(5-7-17)2-3-16-8-10-19(20)11-9-16;1-2-3;1-2/h4-11,14,18H,2-3,12-13H2,1H3;2H,1,3H2;2H,1H3. The number of hydrogen-bond acceptors (Lipinski definition) is 2. The van der Waals surface area contributed by atoms with Crippen molar-refractivity contribution in [1.29, 1.82) is 0 Å². The van der Waals surface area contributed by atoms with Crippen LogP contribution in [-0.2, 0) is 19.3 Å². The fourth-order valence-corrected chi connectivity index (χ4v) is 2.89. The molecule has 136 valence electrons. The van der Waals surface area contributed by atoms with E-state index >= 15 is 0 Å². The molecule has 0 saturated heterocycles. The van der Waals surface area contributed by atoms with Crippen LogP contribution in [0.2, 0.25) is 5.02 Å². The molecular formula is C22H30ClNO. The van der Waals surface area contributed by atoms with Crippen molar-refractivity contribution in [2.75, 3.05) is 7.11 Å². The van der Waals surface area contributed by atoms with E-state index in [2.05, 4.69) is 55.6 Å². The lowest BCUT2D eigenvalue weighted by molar-refractivity contribution is 0.399. The van der Waals surface area contributed by atoms with Crippen LogP contribution in [0.1, 0.15) is 30.0 Å². The molecule has 3 N–H and O–H groups in total. The Morgan fingerprint density at radius 1 is 1.00 bits per heavy atom. The van der Waals surface area contributed by atoms with Gasteiger partial charge in [-0.3, -0.25) is 0 Å². The van der Waals surface area contributed by atoms with E-state index in [1.165, 1.54) is 35.7 Å². The van der Waals surface area contributed by atoms with Crippen molar-refractivity contribution in [2.24, 2.45) is 17.6 Å². The molecule has 25 heavy (non-hydrogen) atoms. The summed E-state index contributed by atoms with van der Waals surface area (Å²) in [5, 5.41) is 7.81. The third-order valence-electron chi connectivity index (χ3n) is 4.41. The highest BCUT2D eigenvalue weighted by Gasteiger charge is 2.31. The molecule has 1 fully saturated rings. The molecule has 3 rings (SSSR count). The summed E-state index contributed by atoms with van der Waals surface area (Å²) in [5.41, 5.74) is 8.88. The van der Waals surface area contributed by atoms with Gasteiger partial charge in [0.1, 0.15) is 0 Å². The Bertz CT molecular complexity index is 607. The molecule has 2 atom stereocenters. The van der Waals surface area contributed by atoms with E-state index < -0.39 is 0 Å². The fourth-order valence-electron chi connectivity index (χ4n) is 2.77. The molecule has 0 heterocycles. The van der Waals surface area contributed by atoms with Gasteiger partial charge in [0, 0.05) is 12.1 Å². The van der Waals surface area contributed by atoms with Crippen LogP contribution in [0.3, 0.4) is 0 Å². The van der Waals surface area contributed by atoms with E-state index in [4.69, 9.17) is 16.7 Å². The quantitative estimate of drug-likeness (QED) is 0.787. The molecular weight excluding hydrogens is 330 g/mol. The van der Waals surface area contributed by atoms with E-state index in [0.717, 1.165) is 36.8 Å². The van der Waals surface area contributed by atoms with E-state index in [1.807, 2.05) is 12.1 Å². The van der Waals surface area contributed by atoms with Gasteiger partial charge < -0.3 is 10.8 Å². The summed E-state index contributed by atoms with van der Waals surface area (Å²) >= 11 is 5.90. The summed E-state index contributed by atoms with van der Waals surface area (Å²) in [6, 6.07) is 17.4. The first kappa shape index (κ1) is 21.3. The molecule has 1 aliphatic rings. The van der Waals surface area contributed by atoms with Gasteiger partial charge in [0.2, 0.25) is 0 Å². The van der Waals surface area contributed by atoms with E-state index in [0.29, 0.717) is 0 Å². The van der Waals surface area contributed by atoms with Gasteiger partial charge in [-0.2, -0.15) is 0 Å². The largest absolute Gasteiger partial charge is 0.405 e. The average Bonchev–Trinajstić information content (AvgIpc) is 3.33. The Labute approximate surface area is 157 Å². The van der Waals surface area contributed by atoms with Crippen molar-refractivity contribution >= 4 is 11.6 Å². The summed E-state index contributed by atoms with van der Waals surface area (Å²) in [5.74, 6) is 1.88. The number of nitrogens with two attached hydrogens (primary N) is 1. The Morgan fingerprint density at radius 3 is 1.76 bits per heavy atom. The van der Waals surface area contributed by atoms with Crippen LogP contribution < -0.4 is 5.73 Å². The summed E-state index contributed by atoms with van der Waals surface area (Å²) in [6.45, 7) is 5.49.